The lowest BCUT2D eigenvalue weighted by molar-refractivity contribution is -0.179. The van der Waals surface area contributed by atoms with Crippen molar-refractivity contribution < 1.29 is 9.90 Å². The summed E-state index contributed by atoms with van der Waals surface area (Å²) in [5.41, 5.74) is 1.38. The molecule has 11 atom stereocenters. The van der Waals surface area contributed by atoms with E-state index in [0.717, 1.165) is 24.3 Å². The second-order valence-electron chi connectivity index (χ2n) is 10.3. The lowest BCUT2D eigenvalue weighted by Gasteiger charge is -2.63. The number of ketones is 1. The molecule has 0 amide bonds. The van der Waals surface area contributed by atoms with Gasteiger partial charge >= 0.3 is 0 Å². The van der Waals surface area contributed by atoms with Gasteiger partial charge in [-0.05, 0) is 48.5 Å². The second-order valence-corrected chi connectivity index (χ2v) is 10.3. The van der Waals surface area contributed by atoms with Crippen LogP contribution in [0.3, 0.4) is 0 Å². The Kier molecular flexibility index (Phi) is 1.71. The molecule has 122 valence electrons. The predicted molar refractivity (Wildman–Crippen MR) is 84.5 cm³/mol. The second kappa shape index (κ2) is 3.10. The number of piperidine rings is 2. The lowest BCUT2D eigenvalue weighted by Crippen LogP contribution is -2.67. The average Bonchev–Trinajstić information content (AvgIpc) is 2.93. The Morgan fingerprint density at radius 2 is 2.13 bits per heavy atom. The van der Waals surface area contributed by atoms with Crippen LogP contribution in [0.2, 0.25) is 0 Å². The molecule has 6 saturated carbocycles. The molecule has 1 unspecified atom stereocenters. The SMILES string of the molecule is C=C1[C@H]2C[C@@H]3[C@H]4N5C[C@]6(C)CCC[C@]47[C@H](C2=O)[C@]3(C[C@H]5[C@H]67)[C@@H]1O. The molecular weight excluding hydrogens is 286 g/mol. The molecule has 3 aliphatic heterocycles. The van der Waals surface area contributed by atoms with Gasteiger partial charge < -0.3 is 5.11 Å². The summed E-state index contributed by atoms with van der Waals surface area (Å²) >= 11 is 0. The van der Waals surface area contributed by atoms with Crippen LogP contribution in [0.1, 0.15) is 39.0 Å². The van der Waals surface area contributed by atoms with Gasteiger partial charge in [0.1, 0.15) is 5.78 Å². The Bertz CT molecular complexity index is 716. The molecule has 6 aliphatic carbocycles. The molecular formula is C20H25NO2. The fraction of sp³-hybridized carbons (Fsp3) is 0.850. The molecule has 9 fully saturated rings. The molecule has 0 aromatic rings. The number of fused-ring (bicyclic) bond motifs is 1. The van der Waals surface area contributed by atoms with Gasteiger partial charge in [0.15, 0.2) is 0 Å². The number of hydrogen-bond donors (Lipinski definition) is 1. The topological polar surface area (TPSA) is 40.5 Å². The van der Waals surface area contributed by atoms with Crippen molar-refractivity contribution in [3.63, 3.8) is 0 Å². The Morgan fingerprint density at radius 1 is 1.30 bits per heavy atom. The minimum Gasteiger partial charge on any atom is -0.388 e. The molecule has 3 saturated heterocycles. The van der Waals surface area contributed by atoms with E-state index in [4.69, 9.17) is 0 Å². The summed E-state index contributed by atoms with van der Waals surface area (Å²) < 4.78 is 0. The zero-order valence-corrected chi connectivity index (χ0v) is 13.8. The van der Waals surface area contributed by atoms with Gasteiger partial charge in [0.05, 0.1) is 6.10 Å². The third-order valence-electron chi connectivity index (χ3n) is 10.1. The van der Waals surface area contributed by atoms with Crippen LogP contribution < -0.4 is 0 Å². The van der Waals surface area contributed by atoms with Gasteiger partial charge in [-0.15, -0.1) is 0 Å². The van der Waals surface area contributed by atoms with E-state index in [9.17, 15) is 9.90 Å². The van der Waals surface area contributed by atoms with Gasteiger partial charge in [0, 0.05) is 41.3 Å². The number of hydrogen-bond acceptors (Lipinski definition) is 3. The minimum atomic E-state index is -0.410. The number of Topliss-reactive ketones (excluding diaryl/α,β-unsaturated/α-hetero) is 1. The number of rotatable bonds is 0. The first kappa shape index (κ1) is 12.7. The number of nitrogens with zero attached hydrogens (tertiary/aromatic N) is 1. The molecule has 2 spiro atoms. The zero-order chi connectivity index (χ0) is 15.5. The van der Waals surface area contributed by atoms with E-state index in [-0.39, 0.29) is 22.7 Å². The summed E-state index contributed by atoms with van der Waals surface area (Å²) in [7, 11) is 0. The standard InChI is InChI=1S/C20H25NO2/c1-9-10-6-11-16-19-5-3-4-18(2)8-21(16)12(14(18)19)7-20(11,17(9)23)15(19)13(10)22/h10-12,14-17,23H,1,3-8H2,2H3/t10-,11-,12+,14-,15+,16-,17-,18+,19+,20-/m1/s1. The highest BCUT2D eigenvalue weighted by Crippen LogP contribution is 2.86. The maximum atomic E-state index is 13.5. The van der Waals surface area contributed by atoms with Gasteiger partial charge in [-0.25, -0.2) is 0 Å². The van der Waals surface area contributed by atoms with E-state index in [1.807, 2.05) is 0 Å². The molecule has 9 rings (SSSR count). The third kappa shape index (κ3) is 0.877. The van der Waals surface area contributed by atoms with Crippen molar-refractivity contribution in [1.82, 2.24) is 4.90 Å². The van der Waals surface area contributed by atoms with Gasteiger partial charge in [-0.1, -0.05) is 19.9 Å². The van der Waals surface area contributed by atoms with Crippen molar-refractivity contribution in [1.29, 1.82) is 0 Å². The Hall–Kier alpha value is -0.670. The van der Waals surface area contributed by atoms with Crippen LogP contribution >= 0.6 is 0 Å². The van der Waals surface area contributed by atoms with Gasteiger partial charge in [0.2, 0.25) is 0 Å². The zero-order valence-electron chi connectivity index (χ0n) is 13.8. The maximum Gasteiger partial charge on any atom is 0.144 e. The molecule has 0 radical (unpaired) electrons. The van der Waals surface area contributed by atoms with Crippen molar-refractivity contribution in [2.24, 2.45) is 39.9 Å². The van der Waals surface area contributed by atoms with Crippen LogP contribution in [0, 0.1) is 39.9 Å². The largest absolute Gasteiger partial charge is 0.388 e. The van der Waals surface area contributed by atoms with E-state index >= 15 is 0 Å². The number of carbonyl (C=O) groups excluding carboxylic acids is 1. The summed E-state index contributed by atoms with van der Waals surface area (Å²) in [5.74, 6) is 1.87. The first-order valence-corrected chi connectivity index (χ1v) is 9.63. The number of aliphatic hydroxyl groups excluding tert-OH is 1. The molecule has 0 aromatic carbocycles. The molecule has 3 heteroatoms. The quantitative estimate of drug-likeness (QED) is 0.696. The van der Waals surface area contributed by atoms with Crippen molar-refractivity contribution in [2.75, 3.05) is 6.54 Å². The number of carbonyl (C=O) groups is 1. The van der Waals surface area contributed by atoms with Crippen LogP contribution in [0.5, 0.6) is 0 Å². The molecule has 9 aliphatic rings. The highest BCUT2D eigenvalue weighted by Gasteiger charge is 2.89. The first-order chi connectivity index (χ1) is 11.0. The highest BCUT2D eigenvalue weighted by atomic mass is 16.3. The lowest BCUT2D eigenvalue weighted by atomic mass is 9.40. The fourth-order valence-corrected chi connectivity index (χ4v) is 10.2. The Labute approximate surface area is 137 Å². The monoisotopic (exact) mass is 311 g/mol. The number of aliphatic hydroxyl groups is 1. The first-order valence-electron chi connectivity index (χ1n) is 9.63. The smallest absolute Gasteiger partial charge is 0.144 e. The molecule has 9 bridgehead atoms. The molecule has 1 N–H and O–H groups in total. The van der Waals surface area contributed by atoms with Crippen molar-refractivity contribution >= 4 is 5.78 Å². The maximum absolute atomic E-state index is 13.5. The van der Waals surface area contributed by atoms with Gasteiger partial charge in [-0.2, -0.15) is 0 Å². The van der Waals surface area contributed by atoms with E-state index < -0.39 is 6.10 Å². The average molecular weight is 311 g/mol. The predicted octanol–water partition coefficient (Wildman–Crippen LogP) is 2.00. The summed E-state index contributed by atoms with van der Waals surface area (Å²) in [6.45, 7) is 7.92. The third-order valence-corrected chi connectivity index (χ3v) is 10.1. The molecule has 3 heterocycles. The van der Waals surface area contributed by atoms with E-state index in [1.165, 1.54) is 25.8 Å². The highest BCUT2D eigenvalue weighted by molar-refractivity contribution is 5.92. The van der Waals surface area contributed by atoms with Gasteiger partial charge in [-0.3, -0.25) is 9.69 Å². The molecule has 0 aromatic heterocycles. The molecule has 3 nitrogen and oxygen atoms in total. The normalized spacial score (nSPS) is 72.4. The van der Waals surface area contributed by atoms with Crippen molar-refractivity contribution in [3.05, 3.63) is 12.2 Å². The summed E-state index contributed by atoms with van der Waals surface area (Å²) in [5, 5.41) is 11.2. The van der Waals surface area contributed by atoms with E-state index in [1.54, 1.807) is 0 Å². The van der Waals surface area contributed by atoms with Crippen molar-refractivity contribution in [3.8, 4) is 0 Å². The minimum absolute atomic E-state index is 0.0350. The Morgan fingerprint density at radius 3 is 2.96 bits per heavy atom. The summed E-state index contributed by atoms with van der Waals surface area (Å²) in [6.07, 6.45) is 5.53. The van der Waals surface area contributed by atoms with Crippen molar-refractivity contribution in [2.45, 2.75) is 57.2 Å². The fourth-order valence-electron chi connectivity index (χ4n) is 10.2. The van der Waals surface area contributed by atoms with Crippen LogP contribution in [-0.4, -0.2) is 40.5 Å². The summed E-state index contributed by atoms with van der Waals surface area (Å²) in [4.78, 5) is 16.3. The summed E-state index contributed by atoms with van der Waals surface area (Å²) in [6, 6.07) is 1.24. The van der Waals surface area contributed by atoms with Crippen LogP contribution in [0.15, 0.2) is 12.2 Å². The van der Waals surface area contributed by atoms with Gasteiger partial charge in [0.25, 0.3) is 0 Å². The molecule has 23 heavy (non-hydrogen) atoms. The van der Waals surface area contributed by atoms with E-state index in [2.05, 4.69) is 18.4 Å². The Balaban J connectivity index is 1.56. The van der Waals surface area contributed by atoms with Crippen LogP contribution in [-0.2, 0) is 4.79 Å². The van der Waals surface area contributed by atoms with E-state index in [0.29, 0.717) is 29.2 Å². The van der Waals surface area contributed by atoms with Crippen LogP contribution in [0.25, 0.3) is 0 Å². The van der Waals surface area contributed by atoms with Crippen LogP contribution in [0.4, 0.5) is 0 Å².